The highest BCUT2D eigenvalue weighted by molar-refractivity contribution is 5.93. The molecule has 2 aromatic heterocycles. The zero-order valence-electron chi connectivity index (χ0n) is 13.7. The number of carbonyl (C=O) groups is 1. The Bertz CT molecular complexity index is 991. The second-order valence-electron chi connectivity index (χ2n) is 6.03. The van der Waals surface area contributed by atoms with Crippen LogP contribution in [0.15, 0.2) is 45.7 Å². The largest absolute Gasteiger partial charge is 0.451 e. The van der Waals surface area contributed by atoms with Gasteiger partial charge in [0.15, 0.2) is 11.2 Å². The number of aryl methyl sites for hydroxylation is 1. The van der Waals surface area contributed by atoms with Crippen molar-refractivity contribution in [3.63, 3.8) is 0 Å². The second kappa shape index (κ2) is 6.18. The maximum absolute atomic E-state index is 12.8. The quantitative estimate of drug-likeness (QED) is 0.772. The number of rotatable bonds is 2. The van der Waals surface area contributed by atoms with Crippen LogP contribution in [0.5, 0.6) is 0 Å². The molecule has 1 saturated heterocycles. The molecule has 3 aromatic rings. The number of aromatic nitrogens is 2. The molecule has 3 heterocycles. The summed E-state index contributed by atoms with van der Waals surface area (Å²) in [7, 11) is 0. The minimum Gasteiger partial charge on any atom is -0.451 e. The van der Waals surface area contributed by atoms with Crippen LogP contribution in [0.3, 0.4) is 0 Å². The third-order valence-corrected chi connectivity index (χ3v) is 4.23. The van der Waals surface area contributed by atoms with Crippen LogP contribution in [0.25, 0.3) is 11.0 Å². The van der Waals surface area contributed by atoms with E-state index in [9.17, 15) is 9.59 Å². The lowest BCUT2D eigenvalue weighted by Crippen LogP contribution is -2.42. The van der Waals surface area contributed by atoms with E-state index in [2.05, 4.69) is 9.97 Å². The number of hydrogen-bond acceptors (Lipinski definition) is 5. The number of ether oxygens (including phenoxy) is 1. The second-order valence-corrected chi connectivity index (χ2v) is 6.03. The monoisotopic (exact) mass is 339 g/mol. The van der Waals surface area contributed by atoms with Gasteiger partial charge in [-0.25, -0.2) is 4.98 Å². The molecule has 4 rings (SSSR count). The molecule has 1 fully saturated rings. The fourth-order valence-corrected chi connectivity index (χ4v) is 2.96. The summed E-state index contributed by atoms with van der Waals surface area (Å²) < 4.78 is 11.4. The SMILES string of the molecule is Cc1cnc(C2CN(C(=O)c3cc(=O)c4ccccc4o3)CCO2)[nH]1. The summed E-state index contributed by atoms with van der Waals surface area (Å²) in [6.07, 6.45) is 1.40. The minimum absolute atomic E-state index is 0.0416. The summed E-state index contributed by atoms with van der Waals surface area (Å²) in [6.45, 7) is 3.09. The van der Waals surface area contributed by atoms with E-state index >= 15 is 0 Å². The van der Waals surface area contributed by atoms with Crippen LogP contribution in [-0.4, -0.2) is 40.5 Å². The first kappa shape index (κ1) is 15.6. The molecule has 128 valence electrons. The number of fused-ring (bicyclic) bond motifs is 1. The normalized spacial score (nSPS) is 17.8. The first-order valence-electron chi connectivity index (χ1n) is 8.07. The van der Waals surface area contributed by atoms with Crippen LogP contribution >= 0.6 is 0 Å². The van der Waals surface area contributed by atoms with Crippen molar-refractivity contribution >= 4 is 16.9 Å². The predicted octanol–water partition coefficient (Wildman–Crippen LogP) is 2.04. The van der Waals surface area contributed by atoms with E-state index in [1.54, 1.807) is 35.4 Å². The average molecular weight is 339 g/mol. The molecule has 0 saturated carbocycles. The molecule has 0 radical (unpaired) electrons. The molecule has 1 aromatic carbocycles. The van der Waals surface area contributed by atoms with Crippen molar-refractivity contribution in [3.05, 3.63) is 64.0 Å². The van der Waals surface area contributed by atoms with E-state index in [0.29, 0.717) is 36.5 Å². The third kappa shape index (κ3) is 2.94. The molecule has 1 aliphatic heterocycles. The number of carbonyl (C=O) groups excluding carboxylic acids is 1. The molecule has 1 aliphatic rings. The van der Waals surface area contributed by atoms with Gasteiger partial charge in [0.25, 0.3) is 5.91 Å². The third-order valence-electron chi connectivity index (χ3n) is 4.23. The Morgan fingerprint density at radius 3 is 3.00 bits per heavy atom. The minimum atomic E-state index is -0.321. The van der Waals surface area contributed by atoms with E-state index in [1.807, 2.05) is 6.92 Å². The molecule has 1 N–H and O–H groups in total. The number of H-pyrrole nitrogens is 1. The molecule has 0 bridgehead atoms. The summed E-state index contributed by atoms with van der Waals surface area (Å²) in [6, 6.07) is 8.15. The summed E-state index contributed by atoms with van der Waals surface area (Å²) >= 11 is 0. The molecular formula is C18H17N3O4. The Labute approximate surface area is 143 Å². The van der Waals surface area contributed by atoms with E-state index in [4.69, 9.17) is 9.15 Å². The summed E-state index contributed by atoms with van der Waals surface area (Å²) in [4.78, 5) is 34.0. The Hall–Kier alpha value is -2.93. The summed E-state index contributed by atoms with van der Waals surface area (Å²) in [5.41, 5.74) is 1.11. The summed E-state index contributed by atoms with van der Waals surface area (Å²) in [5, 5.41) is 0.463. The van der Waals surface area contributed by atoms with E-state index in [-0.39, 0.29) is 23.2 Å². The zero-order valence-corrected chi connectivity index (χ0v) is 13.7. The first-order chi connectivity index (χ1) is 12.1. The van der Waals surface area contributed by atoms with Crippen LogP contribution in [-0.2, 0) is 4.74 Å². The number of nitrogens with one attached hydrogen (secondary N) is 1. The Balaban J connectivity index is 1.61. The van der Waals surface area contributed by atoms with Gasteiger partial charge in [0.05, 0.1) is 18.5 Å². The van der Waals surface area contributed by atoms with E-state index in [1.165, 1.54) is 6.07 Å². The Morgan fingerprint density at radius 2 is 2.20 bits per heavy atom. The number of amides is 1. The van der Waals surface area contributed by atoms with Gasteiger partial charge in [-0.15, -0.1) is 0 Å². The molecule has 7 heteroatoms. The van der Waals surface area contributed by atoms with Crippen molar-refractivity contribution in [2.75, 3.05) is 19.7 Å². The van der Waals surface area contributed by atoms with Gasteiger partial charge in [-0.2, -0.15) is 0 Å². The van der Waals surface area contributed by atoms with Crippen molar-refractivity contribution in [3.8, 4) is 0 Å². The maximum Gasteiger partial charge on any atom is 0.289 e. The molecule has 1 atom stereocenters. The molecular weight excluding hydrogens is 322 g/mol. The van der Waals surface area contributed by atoms with Gasteiger partial charge in [-0.3, -0.25) is 9.59 Å². The number of imidazole rings is 1. The Morgan fingerprint density at radius 1 is 1.36 bits per heavy atom. The maximum atomic E-state index is 12.8. The number of para-hydroxylation sites is 1. The molecule has 7 nitrogen and oxygen atoms in total. The van der Waals surface area contributed by atoms with Crippen LogP contribution in [0, 0.1) is 6.92 Å². The van der Waals surface area contributed by atoms with E-state index < -0.39 is 0 Å². The van der Waals surface area contributed by atoms with Gasteiger partial charge in [0, 0.05) is 24.5 Å². The van der Waals surface area contributed by atoms with Crippen LogP contribution in [0.2, 0.25) is 0 Å². The molecule has 1 unspecified atom stereocenters. The van der Waals surface area contributed by atoms with Gasteiger partial charge in [-0.05, 0) is 19.1 Å². The standard InChI is InChI=1S/C18H17N3O4/c1-11-9-19-17(20-11)16-10-21(6-7-24-16)18(23)15-8-13(22)12-4-2-3-5-14(12)25-15/h2-5,8-9,16H,6-7,10H2,1H3,(H,19,20). The Kier molecular flexibility index (Phi) is 3.85. The van der Waals surface area contributed by atoms with Gasteiger partial charge >= 0.3 is 0 Å². The van der Waals surface area contributed by atoms with Crippen molar-refractivity contribution in [1.82, 2.24) is 14.9 Å². The highest BCUT2D eigenvalue weighted by Gasteiger charge is 2.29. The lowest BCUT2D eigenvalue weighted by Gasteiger charge is -2.31. The number of nitrogens with zero attached hydrogens (tertiary/aromatic N) is 2. The number of hydrogen-bond donors (Lipinski definition) is 1. The summed E-state index contributed by atoms with van der Waals surface area (Å²) in [5.74, 6) is 0.411. The lowest BCUT2D eigenvalue weighted by atomic mass is 10.2. The lowest BCUT2D eigenvalue weighted by molar-refractivity contribution is -0.0273. The van der Waals surface area contributed by atoms with Crippen molar-refractivity contribution < 1.29 is 13.9 Å². The highest BCUT2D eigenvalue weighted by Crippen LogP contribution is 2.21. The van der Waals surface area contributed by atoms with Crippen LogP contribution in [0.4, 0.5) is 0 Å². The number of benzene rings is 1. The van der Waals surface area contributed by atoms with Gasteiger partial charge in [0.1, 0.15) is 17.5 Å². The predicted molar refractivity (Wildman–Crippen MR) is 90.4 cm³/mol. The van der Waals surface area contributed by atoms with E-state index in [0.717, 1.165) is 5.69 Å². The molecule has 1 amide bonds. The average Bonchev–Trinajstić information content (AvgIpc) is 3.08. The number of aromatic amines is 1. The molecule has 0 spiro atoms. The first-order valence-corrected chi connectivity index (χ1v) is 8.07. The van der Waals surface area contributed by atoms with Gasteiger partial charge < -0.3 is 19.0 Å². The molecule has 25 heavy (non-hydrogen) atoms. The van der Waals surface area contributed by atoms with Crippen molar-refractivity contribution in [2.45, 2.75) is 13.0 Å². The fraction of sp³-hybridized carbons (Fsp3) is 0.278. The van der Waals surface area contributed by atoms with Crippen LogP contribution < -0.4 is 5.43 Å². The smallest absolute Gasteiger partial charge is 0.289 e. The van der Waals surface area contributed by atoms with Gasteiger partial charge in [0.2, 0.25) is 0 Å². The van der Waals surface area contributed by atoms with Crippen molar-refractivity contribution in [1.29, 1.82) is 0 Å². The topological polar surface area (TPSA) is 88.4 Å². The zero-order chi connectivity index (χ0) is 17.4. The van der Waals surface area contributed by atoms with Crippen LogP contribution in [0.1, 0.15) is 28.2 Å². The highest BCUT2D eigenvalue weighted by atomic mass is 16.5. The van der Waals surface area contributed by atoms with Crippen molar-refractivity contribution in [2.24, 2.45) is 0 Å². The van der Waals surface area contributed by atoms with Gasteiger partial charge in [-0.1, -0.05) is 12.1 Å². The number of morpholine rings is 1. The molecule has 0 aliphatic carbocycles. The fourth-order valence-electron chi connectivity index (χ4n) is 2.96.